The van der Waals surface area contributed by atoms with E-state index in [9.17, 15) is 0 Å². The van der Waals surface area contributed by atoms with Crippen molar-refractivity contribution in [3.05, 3.63) is 42.2 Å². The Kier molecular flexibility index (Phi) is 5.67. The molecule has 0 saturated carbocycles. The van der Waals surface area contributed by atoms with Crippen molar-refractivity contribution in [2.24, 2.45) is 0 Å². The Bertz CT molecular complexity index is 334. The fourth-order valence-corrected chi connectivity index (χ4v) is 2.00. The van der Waals surface area contributed by atoms with Gasteiger partial charge in [0.1, 0.15) is 0 Å². The van der Waals surface area contributed by atoms with Crippen molar-refractivity contribution in [1.29, 1.82) is 0 Å². The first-order chi connectivity index (χ1) is 6.59. The lowest BCUT2D eigenvalue weighted by Crippen LogP contribution is -1.79. The molecule has 0 aromatic heterocycles. The van der Waals surface area contributed by atoms with Gasteiger partial charge in [-0.15, -0.1) is 0 Å². The Morgan fingerprint density at radius 2 is 1.14 bits per heavy atom. The van der Waals surface area contributed by atoms with Crippen LogP contribution < -0.4 is 0 Å². The van der Waals surface area contributed by atoms with Crippen molar-refractivity contribution in [3.8, 4) is 0 Å². The molecule has 1 aromatic rings. The van der Waals surface area contributed by atoms with Crippen LogP contribution in [-0.4, -0.2) is 0 Å². The number of benzene rings is 1. The van der Waals surface area contributed by atoms with Crippen molar-refractivity contribution < 1.29 is 0 Å². The van der Waals surface area contributed by atoms with E-state index in [2.05, 4.69) is 75.9 Å². The summed E-state index contributed by atoms with van der Waals surface area (Å²) in [5.74, 6) is 0. The summed E-state index contributed by atoms with van der Waals surface area (Å²) in [5, 5.41) is 0. The molecule has 1 aromatic carbocycles. The van der Waals surface area contributed by atoms with E-state index in [1.807, 2.05) is 24.3 Å². The van der Waals surface area contributed by atoms with Crippen LogP contribution in [0.2, 0.25) is 0 Å². The minimum Gasteiger partial charge on any atom is -0.0616 e. The molecule has 14 heavy (non-hydrogen) atoms. The second-order valence-electron chi connectivity index (χ2n) is 2.50. The Hall–Kier alpha value is 0.620. The number of hydrogen-bond donors (Lipinski definition) is 0. The quantitative estimate of drug-likeness (QED) is 0.534. The molecule has 0 nitrogen and oxygen atoms in total. The summed E-state index contributed by atoms with van der Waals surface area (Å²) in [6, 6.07) is 8.12. The average Bonchev–Trinajstić information content (AvgIpc) is 2.06. The van der Waals surface area contributed by atoms with E-state index in [0.717, 1.165) is 17.9 Å². The van der Waals surface area contributed by atoms with Gasteiger partial charge in [0.05, 0.1) is 6.78 Å². The van der Waals surface area contributed by atoms with Crippen LogP contribution in [-0.2, 0) is 0 Å². The normalized spacial score (nSPS) is 9.43. The Morgan fingerprint density at radius 3 is 1.43 bits per heavy atom. The molecule has 74 valence electrons. The van der Waals surface area contributed by atoms with Crippen molar-refractivity contribution in [2.75, 3.05) is 0 Å². The Labute approximate surface area is 117 Å². The molecular weight excluding hydrogens is 440 g/mol. The zero-order valence-corrected chi connectivity index (χ0v) is 13.3. The van der Waals surface area contributed by atoms with Crippen LogP contribution >= 0.6 is 63.7 Å². The van der Waals surface area contributed by atoms with Crippen molar-refractivity contribution in [3.63, 3.8) is 0 Å². The molecule has 0 atom stereocenters. The number of halogens is 4. The van der Waals surface area contributed by atoms with Crippen molar-refractivity contribution >= 4 is 75.9 Å². The highest BCUT2D eigenvalue weighted by Gasteiger charge is 1.96. The fraction of sp³-hybridized carbons (Fsp3) is 0. The van der Waals surface area contributed by atoms with Gasteiger partial charge in [0.2, 0.25) is 0 Å². The average molecular weight is 446 g/mol. The molecule has 1 rings (SSSR count). The highest BCUT2D eigenvalue weighted by molar-refractivity contribution is 9.28. The molecule has 0 aliphatic rings. The van der Waals surface area contributed by atoms with Crippen molar-refractivity contribution in [2.45, 2.75) is 0 Å². The highest BCUT2D eigenvalue weighted by Crippen LogP contribution is 2.24. The molecule has 0 spiro atoms. The zero-order valence-electron chi connectivity index (χ0n) is 6.98. The predicted octanol–water partition coefficient (Wildman–Crippen LogP) is 5.86. The molecule has 0 aliphatic carbocycles. The van der Waals surface area contributed by atoms with Crippen LogP contribution in [0.15, 0.2) is 31.0 Å². The summed E-state index contributed by atoms with van der Waals surface area (Å²) in [6.07, 6.45) is 4.02. The largest absolute Gasteiger partial charge is 0.0616 e. The third kappa shape index (κ3) is 4.43. The third-order valence-electron chi connectivity index (χ3n) is 1.53. The van der Waals surface area contributed by atoms with Gasteiger partial charge in [0.15, 0.2) is 0 Å². The van der Waals surface area contributed by atoms with Crippen LogP contribution in [0.3, 0.4) is 0 Å². The molecule has 0 aliphatic heterocycles. The second-order valence-corrected chi connectivity index (χ2v) is 8.04. The van der Waals surface area contributed by atoms with Crippen LogP contribution in [0, 0.1) is 0 Å². The SMILES string of the molecule is BrC(Br)=Cc1ccccc1C=C(Br)Br. The Morgan fingerprint density at radius 1 is 0.786 bits per heavy atom. The molecule has 4 heteroatoms. The molecule has 0 saturated heterocycles. The Balaban J connectivity index is 3.16. The third-order valence-corrected chi connectivity index (χ3v) is 2.44. The fourth-order valence-electron chi connectivity index (χ4n) is 1.01. The molecule has 0 fully saturated rings. The number of hydrogen-bond acceptors (Lipinski definition) is 0. The predicted molar refractivity (Wildman–Crippen MR) is 78.1 cm³/mol. The summed E-state index contributed by atoms with van der Waals surface area (Å²) >= 11 is 13.4. The van der Waals surface area contributed by atoms with Crippen LogP contribution in [0.25, 0.3) is 12.2 Å². The van der Waals surface area contributed by atoms with E-state index in [-0.39, 0.29) is 0 Å². The smallest absolute Gasteiger partial charge is 0.0610 e. The van der Waals surface area contributed by atoms with Crippen LogP contribution in [0.5, 0.6) is 0 Å². The topological polar surface area (TPSA) is 0 Å². The van der Waals surface area contributed by atoms with E-state index in [1.54, 1.807) is 0 Å². The standard InChI is InChI=1S/C10H6Br4/c11-9(12)5-7-3-1-2-4-8(7)6-10(13)14/h1-6H. The first kappa shape index (κ1) is 12.7. The summed E-state index contributed by atoms with van der Waals surface area (Å²) in [7, 11) is 0. The van der Waals surface area contributed by atoms with Gasteiger partial charge < -0.3 is 0 Å². The van der Waals surface area contributed by atoms with Gasteiger partial charge in [-0.3, -0.25) is 0 Å². The summed E-state index contributed by atoms with van der Waals surface area (Å²) < 4.78 is 1.85. The molecule has 0 unspecified atom stereocenters. The molecular formula is C10H6Br4. The van der Waals surface area contributed by atoms with Gasteiger partial charge >= 0.3 is 0 Å². The van der Waals surface area contributed by atoms with Gasteiger partial charge in [0.25, 0.3) is 0 Å². The highest BCUT2D eigenvalue weighted by atomic mass is 79.9. The van der Waals surface area contributed by atoms with Crippen LogP contribution in [0.1, 0.15) is 11.1 Å². The number of rotatable bonds is 2. The molecule has 0 N–H and O–H groups in total. The summed E-state index contributed by atoms with van der Waals surface area (Å²) in [4.78, 5) is 0. The van der Waals surface area contributed by atoms with Gasteiger partial charge in [-0.1, -0.05) is 24.3 Å². The minimum atomic E-state index is 0.927. The maximum absolute atomic E-state index is 3.35. The lowest BCUT2D eigenvalue weighted by Gasteiger charge is -2.00. The monoisotopic (exact) mass is 442 g/mol. The van der Waals surface area contributed by atoms with E-state index < -0.39 is 0 Å². The first-order valence-electron chi connectivity index (χ1n) is 3.74. The van der Waals surface area contributed by atoms with Crippen LogP contribution in [0.4, 0.5) is 0 Å². The maximum Gasteiger partial charge on any atom is 0.0610 e. The van der Waals surface area contributed by atoms with Crippen molar-refractivity contribution in [1.82, 2.24) is 0 Å². The van der Waals surface area contributed by atoms with E-state index >= 15 is 0 Å². The van der Waals surface area contributed by atoms with Gasteiger partial charge in [-0.05, 0) is 87.0 Å². The second kappa shape index (κ2) is 6.26. The van der Waals surface area contributed by atoms with Gasteiger partial charge in [0, 0.05) is 0 Å². The van der Waals surface area contributed by atoms with E-state index in [1.165, 1.54) is 0 Å². The molecule has 0 amide bonds. The minimum absolute atomic E-state index is 0.927. The van der Waals surface area contributed by atoms with Gasteiger partial charge in [-0.2, -0.15) is 0 Å². The maximum atomic E-state index is 3.35. The summed E-state index contributed by atoms with van der Waals surface area (Å²) in [6.45, 7) is 0. The summed E-state index contributed by atoms with van der Waals surface area (Å²) in [5.41, 5.74) is 2.29. The zero-order chi connectivity index (χ0) is 10.6. The molecule has 0 bridgehead atoms. The lowest BCUT2D eigenvalue weighted by atomic mass is 10.1. The van der Waals surface area contributed by atoms with Gasteiger partial charge in [-0.25, -0.2) is 0 Å². The first-order valence-corrected chi connectivity index (χ1v) is 6.91. The van der Waals surface area contributed by atoms with E-state index in [4.69, 9.17) is 0 Å². The van der Waals surface area contributed by atoms with E-state index in [0.29, 0.717) is 0 Å². The molecule has 0 heterocycles. The molecule has 0 radical (unpaired) electrons. The lowest BCUT2D eigenvalue weighted by molar-refractivity contribution is 1.62.